The third-order valence-corrected chi connectivity index (χ3v) is 4.65. The monoisotopic (exact) mass is 366 g/mol. The topological polar surface area (TPSA) is 91.4 Å². The van der Waals surface area contributed by atoms with Crippen LogP contribution >= 0.6 is 0 Å². The third kappa shape index (κ3) is 4.28. The number of amides is 1. The number of benzene rings is 2. The zero-order chi connectivity index (χ0) is 19.4. The van der Waals surface area contributed by atoms with Crippen molar-refractivity contribution in [3.05, 3.63) is 65.4 Å². The van der Waals surface area contributed by atoms with Crippen molar-refractivity contribution in [2.45, 2.75) is 26.3 Å². The highest BCUT2D eigenvalue weighted by atomic mass is 16.5. The minimum absolute atomic E-state index is 0.189. The molecule has 0 unspecified atom stereocenters. The Bertz CT molecular complexity index is 977. The van der Waals surface area contributed by atoms with Gasteiger partial charge in [-0.05, 0) is 42.7 Å². The molecule has 1 atom stereocenters. The molecule has 0 aliphatic rings. The second kappa shape index (κ2) is 7.95. The van der Waals surface area contributed by atoms with Crippen LogP contribution in [0.1, 0.15) is 16.7 Å². The third-order valence-electron chi connectivity index (χ3n) is 4.65. The van der Waals surface area contributed by atoms with Gasteiger partial charge in [0.25, 0.3) is 5.91 Å². The molecule has 6 nitrogen and oxygen atoms in total. The van der Waals surface area contributed by atoms with E-state index in [0.29, 0.717) is 5.75 Å². The van der Waals surface area contributed by atoms with E-state index in [4.69, 9.17) is 4.74 Å². The summed E-state index contributed by atoms with van der Waals surface area (Å²) in [6.07, 6.45) is 1.97. The van der Waals surface area contributed by atoms with Crippen molar-refractivity contribution in [1.82, 2.24) is 10.3 Å². The summed E-state index contributed by atoms with van der Waals surface area (Å²) in [6, 6.07) is 12.2. The highest BCUT2D eigenvalue weighted by Crippen LogP contribution is 2.21. The van der Waals surface area contributed by atoms with Gasteiger partial charge < -0.3 is 20.1 Å². The summed E-state index contributed by atoms with van der Waals surface area (Å²) in [4.78, 5) is 26.9. The first-order valence-electron chi connectivity index (χ1n) is 8.72. The molecule has 0 spiro atoms. The van der Waals surface area contributed by atoms with Gasteiger partial charge in [0.05, 0.1) is 0 Å². The number of aliphatic carboxylic acids is 1. The zero-order valence-corrected chi connectivity index (χ0v) is 15.3. The summed E-state index contributed by atoms with van der Waals surface area (Å²) >= 11 is 0. The van der Waals surface area contributed by atoms with E-state index in [1.54, 1.807) is 12.3 Å². The molecule has 1 aromatic heterocycles. The van der Waals surface area contributed by atoms with E-state index in [1.807, 2.05) is 50.2 Å². The largest absolute Gasteiger partial charge is 0.483 e. The second-order valence-corrected chi connectivity index (χ2v) is 6.51. The molecule has 0 saturated carbocycles. The van der Waals surface area contributed by atoms with Gasteiger partial charge in [0.1, 0.15) is 11.8 Å². The van der Waals surface area contributed by atoms with Crippen LogP contribution < -0.4 is 10.1 Å². The van der Waals surface area contributed by atoms with Crippen LogP contribution in [0.2, 0.25) is 0 Å². The van der Waals surface area contributed by atoms with Crippen molar-refractivity contribution in [2.75, 3.05) is 6.61 Å². The number of carboxylic acid groups (broad SMARTS) is 1. The van der Waals surface area contributed by atoms with E-state index in [1.165, 1.54) is 0 Å². The maximum atomic E-state index is 12.2. The van der Waals surface area contributed by atoms with Crippen LogP contribution in [-0.4, -0.2) is 34.6 Å². The SMILES string of the molecule is Cc1cccc(OCC(=O)N[C@@H](Cc2c[nH]c3ccccc23)C(=O)O)c1C. The summed E-state index contributed by atoms with van der Waals surface area (Å²) < 4.78 is 5.55. The quantitative estimate of drug-likeness (QED) is 0.599. The molecule has 0 radical (unpaired) electrons. The van der Waals surface area contributed by atoms with Gasteiger partial charge in [-0.2, -0.15) is 0 Å². The lowest BCUT2D eigenvalue weighted by atomic mass is 10.1. The van der Waals surface area contributed by atoms with Gasteiger partial charge in [-0.15, -0.1) is 0 Å². The lowest BCUT2D eigenvalue weighted by Gasteiger charge is -2.15. The van der Waals surface area contributed by atoms with Crippen LogP contribution in [0.5, 0.6) is 5.75 Å². The number of nitrogens with one attached hydrogen (secondary N) is 2. The Morgan fingerprint density at radius 2 is 1.93 bits per heavy atom. The molecule has 3 N–H and O–H groups in total. The van der Waals surface area contributed by atoms with Crippen molar-refractivity contribution >= 4 is 22.8 Å². The van der Waals surface area contributed by atoms with Crippen molar-refractivity contribution in [1.29, 1.82) is 0 Å². The Morgan fingerprint density at radius 1 is 1.15 bits per heavy atom. The number of hydrogen-bond donors (Lipinski definition) is 3. The van der Waals surface area contributed by atoms with Crippen LogP contribution in [-0.2, 0) is 16.0 Å². The first kappa shape index (κ1) is 18.5. The molecule has 1 heterocycles. The van der Waals surface area contributed by atoms with Crippen LogP contribution in [0.3, 0.4) is 0 Å². The number of carboxylic acids is 1. The van der Waals surface area contributed by atoms with E-state index in [-0.39, 0.29) is 13.0 Å². The molecular weight excluding hydrogens is 344 g/mol. The summed E-state index contributed by atoms with van der Waals surface area (Å²) in [5.41, 5.74) is 3.80. The van der Waals surface area contributed by atoms with Crippen LogP contribution in [0.15, 0.2) is 48.7 Å². The fourth-order valence-corrected chi connectivity index (χ4v) is 2.98. The summed E-state index contributed by atoms with van der Waals surface area (Å²) in [6.45, 7) is 3.64. The number of rotatable bonds is 7. The predicted octanol–water partition coefficient (Wildman–Crippen LogP) is 2.98. The van der Waals surface area contributed by atoms with Crippen molar-refractivity contribution in [3.8, 4) is 5.75 Å². The number of fused-ring (bicyclic) bond motifs is 1. The van der Waals surface area contributed by atoms with Crippen molar-refractivity contribution in [2.24, 2.45) is 0 Å². The lowest BCUT2D eigenvalue weighted by Crippen LogP contribution is -2.44. The maximum absolute atomic E-state index is 12.2. The smallest absolute Gasteiger partial charge is 0.326 e. The first-order valence-corrected chi connectivity index (χ1v) is 8.72. The number of hydrogen-bond acceptors (Lipinski definition) is 3. The molecule has 1 amide bonds. The Balaban J connectivity index is 1.64. The molecule has 0 fully saturated rings. The van der Waals surface area contributed by atoms with Crippen LogP contribution in [0, 0.1) is 13.8 Å². The average molecular weight is 366 g/mol. The number of ether oxygens (including phenoxy) is 1. The molecule has 3 rings (SSSR count). The molecule has 0 aliphatic heterocycles. The molecule has 3 aromatic rings. The highest BCUT2D eigenvalue weighted by molar-refractivity contribution is 5.87. The summed E-state index contributed by atoms with van der Waals surface area (Å²) in [5.74, 6) is -0.933. The molecular formula is C21H22N2O4. The van der Waals surface area contributed by atoms with Crippen LogP contribution in [0.25, 0.3) is 10.9 Å². The summed E-state index contributed by atoms with van der Waals surface area (Å²) in [7, 11) is 0. The number of aromatic nitrogens is 1. The van der Waals surface area contributed by atoms with Gasteiger partial charge >= 0.3 is 5.97 Å². The first-order chi connectivity index (χ1) is 13.0. The highest BCUT2D eigenvalue weighted by Gasteiger charge is 2.22. The lowest BCUT2D eigenvalue weighted by molar-refractivity contribution is -0.142. The molecule has 0 saturated heterocycles. The number of aromatic amines is 1. The molecule has 0 aliphatic carbocycles. The van der Waals surface area contributed by atoms with Gasteiger partial charge in [-0.25, -0.2) is 4.79 Å². The number of H-pyrrole nitrogens is 1. The zero-order valence-electron chi connectivity index (χ0n) is 15.3. The van der Waals surface area contributed by atoms with Crippen LogP contribution in [0.4, 0.5) is 0 Å². The number of carbonyl (C=O) groups excluding carboxylic acids is 1. The number of aryl methyl sites for hydroxylation is 1. The van der Waals surface area contributed by atoms with E-state index >= 15 is 0 Å². The van der Waals surface area contributed by atoms with Crippen molar-refractivity contribution < 1.29 is 19.4 Å². The van der Waals surface area contributed by atoms with E-state index in [9.17, 15) is 14.7 Å². The minimum Gasteiger partial charge on any atom is -0.483 e. The minimum atomic E-state index is -1.08. The number of para-hydroxylation sites is 1. The maximum Gasteiger partial charge on any atom is 0.326 e. The molecule has 27 heavy (non-hydrogen) atoms. The molecule has 140 valence electrons. The number of carbonyl (C=O) groups is 2. The van der Waals surface area contributed by atoms with E-state index in [2.05, 4.69) is 10.3 Å². The van der Waals surface area contributed by atoms with Gasteiger partial charge in [-0.3, -0.25) is 4.79 Å². The standard InChI is InChI=1S/C21H22N2O4/c1-13-6-5-9-19(14(13)2)27-12-20(24)23-18(21(25)26)10-15-11-22-17-8-4-3-7-16(15)17/h3-9,11,18,22H,10,12H2,1-2H3,(H,23,24)(H,25,26)/t18-/m0/s1. The average Bonchev–Trinajstić information content (AvgIpc) is 3.05. The molecule has 0 bridgehead atoms. The van der Waals surface area contributed by atoms with E-state index < -0.39 is 17.9 Å². The predicted molar refractivity (Wildman–Crippen MR) is 103 cm³/mol. The van der Waals surface area contributed by atoms with E-state index in [0.717, 1.165) is 27.6 Å². The fraction of sp³-hybridized carbons (Fsp3) is 0.238. The normalized spacial score (nSPS) is 11.9. The Labute approximate surface area is 157 Å². The van der Waals surface area contributed by atoms with Gasteiger partial charge in [0, 0.05) is 23.5 Å². The van der Waals surface area contributed by atoms with Gasteiger partial charge in [0.2, 0.25) is 0 Å². The Kier molecular flexibility index (Phi) is 5.45. The van der Waals surface area contributed by atoms with Gasteiger partial charge in [0.15, 0.2) is 6.61 Å². The Hall–Kier alpha value is -3.28. The fourth-order valence-electron chi connectivity index (χ4n) is 2.98. The summed E-state index contributed by atoms with van der Waals surface area (Å²) in [5, 5.41) is 13.0. The van der Waals surface area contributed by atoms with Crippen molar-refractivity contribution in [3.63, 3.8) is 0 Å². The Morgan fingerprint density at radius 3 is 2.70 bits per heavy atom. The molecule has 6 heteroatoms. The molecule has 2 aromatic carbocycles. The van der Waals surface area contributed by atoms with Gasteiger partial charge in [-0.1, -0.05) is 30.3 Å². The second-order valence-electron chi connectivity index (χ2n) is 6.51.